The van der Waals surface area contributed by atoms with Crippen LogP contribution in [0.5, 0.6) is 0 Å². The van der Waals surface area contributed by atoms with Crippen LogP contribution in [0.1, 0.15) is 194 Å². The summed E-state index contributed by atoms with van der Waals surface area (Å²) in [7, 11) is 0. The van der Waals surface area contributed by atoms with Gasteiger partial charge < -0.3 is 4.74 Å². The van der Waals surface area contributed by atoms with Crippen molar-refractivity contribution in [3.05, 3.63) is 0 Å². The molecule has 0 N–H and O–H groups in total. The Labute approximate surface area is 238 Å². The van der Waals surface area contributed by atoms with Gasteiger partial charge in [-0.1, -0.05) is 174 Å². The maximum absolute atomic E-state index is 11.9. The molecule has 0 amide bonds. The van der Waals surface area contributed by atoms with Crippen LogP contribution in [0.4, 0.5) is 0 Å². The maximum atomic E-state index is 11.9. The first-order valence-corrected chi connectivity index (χ1v) is 18.2. The van der Waals surface area contributed by atoms with Crippen LogP contribution < -0.4 is 0 Å². The average molecular weight is 541 g/mol. The minimum Gasteiger partial charge on any atom is -0.466 e. The van der Waals surface area contributed by atoms with E-state index < -0.39 is 0 Å². The lowest BCUT2D eigenvalue weighted by atomic mass is 10.0. The van der Waals surface area contributed by atoms with Gasteiger partial charge in [-0.15, -0.1) is 0 Å². The van der Waals surface area contributed by atoms with Crippen LogP contribution in [0.2, 0.25) is 0 Å². The Morgan fingerprint density at radius 3 is 1.14 bits per heavy atom. The highest BCUT2D eigenvalue weighted by atomic mass is 32.2. The van der Waals surface area contributed by atoms with Gasteiger partial charge in [-0.05, 0) is 18.6 Å². The van der Waals surface area contributed by atoms with Gasteiger partial charge in [0.25, 0.3) is 0 Å². The van der Waals surface area contributed by atoms with Crippen molar-refractivity contribution in [2.75, 3.05) is 18.1 Å². The standard InChI is InChI=1S/C34H68O2S/c1-3-5-7-9-11-13-15-17-18-20-22-24-26-28-31-36-34(35)30-33-37-32-29-27-25-23-21-19-16-14-12-10-8-6-4-2/h3-33H2,1-2H3. The summed E-state index contributed by atoms with van der Waals surface area (Å²) in [5, 5.41) is 0. The number of hydrogen-bond acceptors (Lipinski definition) is 3. The largest absolute Gasteiger partial charge is 0.466 e. The molecule has 0 aromatic heterocycles. The summed E-state index contributed by atoms with van der Waals surface area (Å²) in [4.78, 5) is 11.9. The molecule has 0 bridgehead atoms. The Balaban J connectivity index is 3.14. The fourth-order valence-corrected chi connectivity index (χ4v) is 5.96. The van der Waals surface area contributed by atoms with Crippen LogP contribution in [-0.4, -0.2) is 24.1 Å². The molecule has 0 radical (unpaired) electrons. The molecule has 0 aliphatic heterocycles. The van der Waals surface area contributed by atoms with Gasteiger partial charge in [0.2, 0.25) is 0 Å². The summed E-state index contributed by atoms with van der Waals surface area (Å²) in [6.07, 6.45) is 37.9. The van der Waals surface area contributed by atoms with Crippen LogP contribution >= 0.6 is 11.8 Å². The SMILES string of the molecule is CCCCCCCCCCCCCCCCOC(=O)CCSCCCCCCCCCCCCCCC. The number of ether oxygens (including phenoxy) is 1. The third-order valence-corrected chi connectivity index (χ3v) is 8.67. The maximum Gasteiger partial charge on any atom is 0.306 e. The van der Waals surface area contributed by atoms with E-state index in [1.807, 2.05) is 11.8 Å². The van der Waals surface area contributed by atoms with Crippen LogP contribution in [-0.2, 0) is 9.53 Å². The lowest BCUT2D eigenvalue weighted by Gasteiger charge is -2.06. The van der Waals surface area contributed by atoms with E-state index in [2.05, 4.69) is 13.8 Å². The first-order chi connectivity index (χ1) is 18.3. The van der Waals surface area contributed by atoms with E-state index >= 15 is 0 Å². The molecule has 222 valence electrons. The van der Waals surface area contributed by atoms with E-state index in [0.717, 1.165) is 12.2 Å². The lowest BCUT2D eigenvalue weighted by molar-refractivity contribution is -0.143. The number of esters is 1. The van der Waals surface area contributed by atoms with Crippen LogP contribution in [0.15, 0.2) is 0 Å². The van der Waals surface area contributed by atoms with Crippen molar-refractivity contribution in [1.29, 1.82) is 0 Å². The Morgan fingerprint density at radius 1 is 0.432 bits per heavy atom. The van der Waals surface area contributed by atoms with Crippen molar-refractivity contribution in [3.63, 3.8) is 0 Å². The van der Waals surface area contributed by atoms with Gasteiger partial charge in [-0.3, -0.25) is 4.79 Å². The smallest absolute Gasteiger partial charge is 0.306 e. The molecule has 0 aromatic carbocycles. The van der Waals surface area contributed by atoms with E-state index in [0.29, 0.717) is 13.0 Å². The molecule has 0 atom stereocenters. The summed E-state index contributed by atoms with van der Waals surface area (Å²) < 4.78 is 5.42. The minimum atomic E-state index is 0.00700. The minimum absolute atomic E-state index is 0.00700. The fourth-order valence-electron chi connectivity index (χ4n) is 5.03. The summed E-state index contributed by atoms with van der Waals surface area (Å²) in [5.41, 5.74) is 0. The zero-order valence-corrected chi connectivity index (χ0v) is 26.5. The molecule has 0 aromatic rings. The number of carbonyl (C=O) groups is 1. The van der Waals surface area contributed by atoms with Gasteiger partial charge in [0.05, 0.1) is 13.0 Å². The molecule has 3 heteroatoms. The number of carbonyl (C=O) groups excluding carboxylic acids is 1. The highest BCUT2D eigenvalue weighted by Crippen LogP contribution is 2.15. The number of thioether (sulfide) groups is 1. The summed E-state index contributed by atoms with van der Waals surface area (Å²) in [6.45, 7) is 5.20. The van der Waals surface area contributed by atoms with Gasteiger partial charge >= 0.3 is 5.97 Å². The molecule has 0 saturated heterocycles. The quantitative estimate of drug-likeness (QED) is 0.0626. The van der Waals surface area contributed by atoms with E-state index in [1.165, 1.54) is 173 Å². The van der Waals surface area contributed by atoms with Crippen LogP contribution in [0, 0.1) is 0 Å². The van der Waals surface area contributed by atoms with Gasteiger partial charge in [-0.25, -0.2) is 0 Å². The molecule has 0 unspecified atom stereocenters. The second-order valence-electron chi connectivity index (χ2n) is 11.4. The molecule has 0 aliphatic rings. The van der Waals surface area contributed by atoms with E-state index in [-0.39, 0.29) is 5.97 Å². The topological polar surface area (TPSA) is 26.3 Å². The molecule has 0 fully saturated rings. The zero-order valence-electron chi connectivity index (χ0n) is 25.6. The summed E-state index contributed by atoms with van der Waals surface area (Å²) in [6, 6.07) is 0. The zero-order chi connectivity index (χ0) is 26.9. The predicted molar refractivity (Wildman–Crippen MR) is 169 cm³/mol. The molecule has 2 nitrogen and oxygen atoms in total. The third-order valence-electron chi connectivity index (χ3n) is 7.60. The second-order valence-corrected chi connectivity index (χ2v) is 12.6. The van der Waals surface area contributed by atoms with Gasteiger partial charge in [0.15, 0.2) is 0 Å². The Bertz CT molecular complexity index is 426. The molecular weight excluding hydrogens is 472 g/mol. The average Bonchev–Trinajstić information content (AvgIpc) is 2.90. The first kappa shape index (κ1) is 36.8. The number of unbranched alkanes of at least 4 members (excludes halogenated alkanes) is 25. The number of rotatable bonds is 32. The van der Waals surface area contributed by atoms with E-state index in [9.17, 15) is 4.79 Å². The Morgan fingerprint density at radius 2 is 0.757 bits per heavy atom. The van der Waals surface area contributed by atoms with Crippen molar-refractivity contribution in [3.8, 4) is 0 Å². The molecule has 0 spiro atoms. The van der Waals surface area contributed by atoms with Crippen molar-refractivity contribution in [2.45, 2.75) is 194 Å². The first-order valence-electron chi connectivity index (χ1n) is 17.0. The number of hydrogen-bond donors (Lipinski definition) is 0. The second kappa shape index (κ2) is 33.8. The highest BCUT2D eigenvalue weighted by molar-refractivity contribution is 7.99. The van der Waals surface area contributed by atoms with E-state index in [4.69, 9.17) is 4.74 Å². The van der Waals surface area contributed by atoms with Crippen LogP contribution in [0.25, 0.3) is 0 Å². The highest BCUT2D eigenvalue weighted by Gasteiger charge is 2.03. The van der Waals surface area contributed by atoms with Gasteiger partial charge in [-0.2, -0.15) is 11.8 Å². The Kier molecular flexibility index (Phi) is 33.7. The summed E-state index contributed by atoms with van der Waals surface area (Å²) >= 11 is 1.93. The normalized spacial score (nSPS) is 11.3. The molecule has 0 rings (SSSR count). The Hall–Kier alpha value is -0.180. The van der Waals surface area contributed by atoms with Crippen LogP contribution in [0.3, 0.4) is 0 Å². The van der Waals surface area contributed by atoms with Gasteiger partial charge in [0.1, 0.15) is 0 Å². The van der Waals surface area contributed by atoms with E-state index in [1.54, 1.807) is 0 Å². The van der Waals surface area contributed by atoms with Crippen molar-refractivity contribution in [2.24, 2.45) is 0 Å². The molecule has 0 heterocycles. The predicted octanol–water partition coefficient (Wildman–Crippen LogP) is 12.2. The fraction of sp³-hybridized carbons (Fsp3) is 0.971. The van der Waals surface area contributed by atoms with Crippen molar-refractivity contribution in [1.82, 2.24) is 0 Å². The lowest BCUT2D eigenvalue weighted by Crippen LogP contribution is -2.07. The molecule has 0 saturated carbocycles. The molecule has 37 heavy (non-hydrogen) atoms. The van der Waals surface area contributed by atoms with Crippen molar-refractivity contribution < 1.29 is 9.53 Å². The summed E-state index contributed by atoms with van der Waals surface area (Å²) in [5.74, 6) is 2.13. The third kappa shape index (κ3) is 33.8. The monoisotopic (exact) mass is 540 g/mol. The molecular formula is C34H68O2S. The van der Waals surface area contributed by atoms with Gasteiger partial charge in [0, 0.05) is 5.75 Å². The molecule has 0 aliphatic carbocycles. The van der Waals surface area contributed by atoms with Crippen molar-refractivity contribution >= 4 is 17.7 Å².